The van der Waals surface area contributed by atoms with Gasteiger partial charge < -0.3 is 26.4 Å². The number of aromatic nitrogens is 1. The van der Waals surface area contributed by atoms with Crippen LogP contribution in [0.4, 0.5) is 5.69 Å². The fourth-order valence-electron chi connectivity index (χ4n) is 4.83. The first kappa shape index (κ1) is 27.3. The molecule has 1 aliphatic heterocycles. The molecule has 2 fully saturated rings. The maximum atomic E-state index is 14.0. The van der Waals surface area contributed by atoms with Gasteiger partial charge in [-0.15, -0.1) is 0 Å². The molecule has 4 rings (SSSR count). The van der Waals surface area contributed by atoms with Crippen molar-refractivity contribution < 1.29 is 19.1 Å². The molecule has 200 valence electrons. The van der Waals surface area contributed by atoms with Gasteiger partial charge in [0.2, 0.25) is 5.91 Å². The Kier molecular flexibility index (Phi) is 9.36. The van der Waals surface area contributed by atoms with E-state index in [2.05, 4.69) is 14.6 Å². The van der Waals surface area contributed by atoms with E-state index in [-0.39, 0.29) is 34.8 Å². The second-order valence-corrected chi connectivity index (χ2v) is 10.6. The van der Waals surface area contributed by atoms with E-state index in [1.54, 1.807) is 24.3 Å². The zero-order valence-corrected chi connectivity index (χ0v) is 22.2. The van der Waals surface area contributed by atoms with Gasteiger partial charge in [0.15, 0.2) is 5.69 Å². The quantitative estimate of drug-likeness (QED) is 0.436. The molecule has 1 aliphatic carbocycles. The van der Waals surface area contributed by atoms with Gasteiger partial charge in [-0.1, -0.05) is 43.0 Å². The summed E-state index contributed by atoms with van der Waals surface area (Å²) in [5, 5.41) is 3.70. The molecule has 1 aromatic carbocycles. The topological polar surface area (TPSA) is 144 Å². The number of hydrogen-bond donors (Lipinski definition) is 3. The van der Waals surface area contributed by atoms with Crippen molar-refractivity contribution >= 4 is 46.5 Å². The van der Waals surface area contributed by atoms with Crippen molar-refractivity contribution in [2.75, 3.05) is 45.1 Å². The molecule has 1 aromatic heterocycles. The molecule has 0 radical (unpaired) electrons. The lowest BCUT2D eigenvalue weighted by atomic mass is 9.94. The van der Waals surface area contributed by atoms with Crippen molar-refractivity contribution in [2.24, 2.45) is 5.73 Å². The summed E-state index contributed by atoms with van der Waals surface area (Å²) in [7, 11) is 0. The van der Waals surface area contributed by atoms with Crippen molar-refractivity contribution in [3.05, 3.63) is 45.4 Å². The highest BCUT2D eigenvalue weighted by Gasteiger charge is 2.36. The Bertz CT molecular complexity index is 1100. The van der Waals surface area contributed by atoms with Gasteiger partial charge >= 0.3 is 0 Å². The zero-order valence-electron chi connectivity index (χ0n) is 20.7. The lowest BCUT2D eigenvalue weighted by molar-refractivity contribution is -0.127. The number of halogens is 1. The fourth-order valence-corrected chi connectivity index (χ4v) is 5.71. The number of morpholine rings is 1. The largest absolute Gasteiger partial charge is 0.395 e. The maximum Gasteiger partial charge on any atom is 0.270 e. The van der Waals surface area contributed by atoms with Crippen LogP contribution in [0.5, 0.6) is 0 Å². The van der Waals surface area contributed by atoms with Gasteiger partial charge in [-0.3, -0.25) is 19.3 Å². The highest BCUT2D eigenvalue weighted by molar-refractivity contribution is 7.09. The van der Waals surface area contributed by atoms with E-state index >= 15 is 0 Å². The molecule has 1 saturated heterocycles. The van der Waals surface area contributed by atoms with Crippen LogP contribution < -0.4 is 16.8 Å². The monoisotopic (exact) mass is 548 g/mol. The third-order valence-corrected chi connectivity index (χ3v) is 7.98. The number of primary amides is 1. The minimum Gasteiger partial charge on any atom is -0.395 e. The first-order chi connectivity index (χ1) is 17.8. The summed E-state index contributed by atoms with van der Waals surface area (Å²) in [6.07, 6.45) is 5.09. The van der Waals surface area contributed by atoms with Crippen molar-refractivity contribution in [2.45, 2.75) is 44.2 Å². The molecule has 0 spiro atoms. The van der Waals surface area contributed by atoms with Gasteiger partial charge in [-0.25, -0.2) is 0 Å². The van der Waals surface area contributed by atoms with Gasteiger partial charge in [0.1, 0.15) is 10.9 Å². The van der Waals surface area contributed by atoms with Crippen molar-refractivity contribution in [1.82, 2.24) is 19.5 Å². The number of rotatable bonds is 9. The summed E-state index contributed by atoms with van der Waals surface area (Å²) >= 11 is 6.95. The Balaban J connectivity index is 1.69. The number of ether oxygens (including phenoxy) is 1. The molecule has 1 saturated carbocycles. The normalized spacial score (nSPS) is 17.8. The van der Waals surface area contributed by atoms with Crippen LogP contribution in [0.3, 0.4) is 0 Å². The van der Waals surface area contributed by atoms with Crippen molar-refractivity contribution in [1.29, 1.82) is 0 Å². The van der Waals surface area contributed by atoms with E-state index in [0.29, 0.717) is 30.3 Å². The first-order valence-corrected chi connectivity index (χ1v) is 13.7. The molecule has 1 atom stereocenters. The molecule has 37 heavy (non-hydrogen) atoms. The summed E-state index contributed by atoms with van der Waals surface area (Å²) in [5.74, 6) is -1.55. The second kappa shape index (κ2) is 12.7. The Morgan fingerprint density at radius 3 is 2.46 bits per heavy atom. The molecule has 0 bridgehead atoms. The van der Waals surface area contributed by atoms with E-state index in [9.17, 15) is 14.4 Å². The summed E-state index contributed by atoms with van der Waals surface area (Å²) < 4.78 is 9.45. The van der Waals surface area contributed by atoms with Crippen molar-refractivity contribution in [3.8, 4) is 0 Å². The lowest BCUT2D eigenvalue weighted by Crippen LogP contribution is -2.49. The predicted octanol–water partition coefficient (Wildman–Crippen LogP) is 2.44. The van der Waals surface area contributed by atoms with Gasteiger partial charge in [-0.05, 0) is 42.1 Å². The highest BCUT2D eigenvalue weighted by Crippen LogP contribution is 2.30. The summed E-state index contributed by atoms with van der Waals surface area (Å²) in [6.45, 7) is 3.48. The van der Waals surface area contributed by atoms with E-state index in [1.807, 2.05) is 0 Å². The van der Waals surface area contributed by atoms with Crippen LogP contribution in [-0.4, -0.2) is 77.3 Å². The minimum absolute atomic E-state index is 0.0576. The maximum absolute atomic E-state index is 14.0. The smallest absolute Gasteiger partial charge is 0.270 e. The fraction of sp³-hybridized carbons (Fsp3) is 0.520. The molecule has 2 aliphatic rings. The number of nitrogens with one attached hydrogen (secondary N) is 1. The number of nitrogens with two attached hydrogens (primary N) is 2. The number of nitrogens with zero attached hydrogens (tertiary/aromatic N) is 3. The predicted molar refractivity (Wildman–Crippen MR) is 143 cm³/mol. The highest BCUT2D eigenvalue weighted by atomic mass is 35.5. The zero-order chi connectivity index (χ0) is 26.4. The number of nitrogen functional groups attached to an aromatic ring is 1. The Morgan fingerprint density at radius 1 is 1.16 bits per heavy atom. The van der Waals surface area contributed by atoms with Gasteiger partial charge in [-0.2, -0.15) is 4.37 Å². The number of carbonyl (C=O) groups excluding carboxylic acids is 3. The third kappa shape index (κ3) is 6.78. The van der Waals surface area contributed by atoms with Gasteiger partial charge in [0, 0.05) is 37.2 Å². The first-order valence-electron chi connectivity index (χ1n) is 12.6. The van der Waals surface area contributed by atoms with Crippen LogP contribution in [0.2, 0.25) is 5.02 Å². The molecule has 12 heteroatoms. The Labute approximate surface area is 225 Å². The molecule has 2 heterocycles. The molecule has 2 aromatic rings. The van der Waals surface area contributed by atoms with Crippen LogP contribution in [-0.2, 0) is 9.53 Å². The summed E-state index contributed by atoms with van der Waals surface area (Å²) in [6, 6.07) is 6.05. The molecular weight excluding hydrogens is 516 g/mol. The number of carbonyl (C=O) groups is 3. The SMILES string of the molecule is NC(=O)c1nsc(C(=O)N(CCN2CCOCC2)C(C(=O)NC2CCCCC2)c2ccc(Cl)cc2)c1N. The van der Waals surface area contributed by atoms with Gasteiger partial charge in [0.25, 0.3) is 11.8 Å². The Hall–Kier alpha value is -2.73. The van der Waals surface area contributed by atoms with E-state index in [4.69, 9.17) is 27.8 Å². The van der Waals surface area contributed by atoms with Crippen LogP contribution in [0.1, 0.15) is 63.9 Å². The molecule has 3 amide bonds. The van der Waals surface area contributed by atoms with Crippen LogP contribution >= 0.6 is 23.1 Å². The molecule has 10 nitrogen and oxygen atoms in total. The van der Waals surface area contributed by atoms with E-state index in [0.717, 1.165) is 56.7 Å². The van der Waals surface area contributed by atoms with E-state index < -0.39 is 17.9 Å². The second-order valence-electron chi connectivity index (χ2n) is 9.39. The number of hydrogen-bond acceptors (Lipinski definition) is 8. The average molecular weight is 549 g/mol. The number of benzene rings is 1. The Morgan fingerprint density at radius 2 is 1.84 bits per heavy atom. The average Bonchev–Trinajstić information content (AvgIpc) is 3.29. The van der Waals surface area contributed by atoms with Crippen LogP contribution in [0.15, 0.2) is 24.3 Å². The van der Waals surface area contributed by atoms with Crippen LogP contribution in [0, 0.1) is 0 Å². The third-order valence-electron chi connectivity index (χ3n) is 6.87. The van der Waals surface area contributed by atoms with Gasteiger partial charge in [0.05, 0.1) is 18.9 Å². The molecular formula is C25H33ClN6O4S. The summed E-state index contributed by atoms with van der Waals surface area (Å²) in [4.78, 5) is 43.3. The van der Waals surface area contributed by atoms with Crippen LogP contribution in [0.25, 0.3) is 0 Å². The van der Waals surface area contributed by atoms with Crippen molar-refractivity contribution in [3.63, 3.8) is 0 Å². The molecule has 1 unspecified atom stereocenters. The molecule has 5 N–H and O–H groups in total. The minimum atomic E-state index is -0.925. The summed E-state index contributed by atoms with van der Waals surface area (Å²) in [5.41, 5.74) is 11.9. The standard InChI is InChI=1S/C25H33ClN6O4S/c26-17-8-6-16(7-9-17)21(24(34)29-18-4-2-1-3-5-18)32(11-10-31-12-14-36-15-13-31)25(35)22-19(27)20(23(28)33)30-37-22/h6-9,18,21H,1-5,10-15,27H2,(H2,28,33)(H,29,34). The lowest BCUT2D eigenvalue weighted by Gasteiger charge is -2.35. The number of anilines is 1. The van der Waals surface area contributed by atoms with E-state index in [1.165, 1.54) is 4.90 Å². The number of amides is 3.